The molecule has 0 aromatic heterocycles. The molecule has 0 aromatic carbocycles. The van der Waals surface area contributed by atoms with E-state index in [1.54, 1.807) is 0 Å². The Bertz CT molecular complexity index is 359. The number of hydrogen-bond donors (Lipinski definition) is 0. The van der Waals surface area contributed by atoms with Crippen LogP contribution < -0.4 is 0 Å². The quantitative estimate of drug-likeness (QED) is 0.736. The molecule has 3 saturated heterocycles. The summed E-state index contributed by atoms with van der Waals surface area (Å²) in [4.78, 5) is 8.13. The average Bonchev–Trinajstić information content (AvgIpc) is 2.52. The highest BCUT2D eigenvalue weighted by atomic mass is 15.2. The summed E-state index contributed by atoms with van der Waals surface area (Å²) in [6.45, 7) is 20.3. The minimum absolute atomic E-state index is 0.742. The Morgan fingerprint density at radius 2 is 1.21 bits per heavy atom. The Balaban J connectivity index is 1.29. The molecule has 3 fully saturated rings. The molecular weight excluding hydrogens is 294 g/mol. The number of hydrogen-bond acceptors (Lipinski definition) is 3. The monoisotopic (exact) mass is 335 g/mol. The summed E-state index contributed by atoms with van der Waals surface area (Å²) in [6.07, 6.45) is 5.74. The molecule has 0 amide bonds. The van der Waals surface area contributed by atoms with Gasteiger partial charge in [0.2, 0.25) is 0 Å². The van der Waals surface area contributed by atoms with Crippen LogP contribution in [-0.2, 0) is 0 Å². The number of nitrogens with zero attached hydrogens (tertiary/aromatic N) is 3. The first-order valence-electron chi connectivity index (χ1n) is 10.7. The van der Waals surface area contributed by atoms with Gasteiger partial charge in [-0.25, -0.2) is 0 Å². The maximum atomic E-state index is 2.77. The van der Waals surface area contributed by atoms with Crippen LogP contribution in [0.15, 0.2) is 0 Å². The van der Waals surface area contributed by atoms with Crippen LogP contribution in [-0.4, -0.2) is 73.1 Å². The first-order valence-corrected chi connectivity index (χ1v) is 10.7. The van der Waals surface area contributed by atoms with Crippen molar-refractivity contribution in [3.05, 3.63) is 0 Å². The van der Waals surface area contributed by atoms with Crippen molar-refractivity contribution in [3.63, 3.8) is 0 Å². The van der Waals surface area contributed by atoms with Crippen molar-refractivity contribution in [2.75, 3.05) is 52.4 Å². The summed E-state index contributed by atoms with van der Waals surface area (Å²) < 4.78 is 0. The van der Waals surface area contributed by atoms with Crippen LogP contribution in [0.2, 0.25) is 0 Å². The maximum Gasteiger partial charge on any atom is 0.00388 e. The smallest absolute Gasteiger partial charge is 0.00388 e. The third kappa shape index (κ3) is 4.95. The maximum absolute atomic E-state index is 2.77. The van der Waals surface area contributed by atoms with E-state index in [2.05, 4.69) is 42.4 Å². The third-order valence-corrected chi connectivity index (χ3v) is 7.03. The molecule has 0 radical (unpaired) electrons. The van der Waals surface area contributed by atoms with E-state index in [-0.39, 0.29) is 0 Å². The van der Waals surface area contributed by atoms with Gasteiger partial charge in [0.25, 0.3) is 0 Å². The summed E-state index contributed by atoms with van der Waals surface area (Å²) in [6, 6.07) is 0.742. The van der Waals surface area contributed by atoms with E-state index in [9.17, 15) is 0 Å². The van der Waals surface area contributed by atoms with Gasteiger partial charge in [0, 0.05) is 32.2 Å². The Hall–Kier alpha value is -0.120. The van der Waals surface area contributed by atoms with E-state index < -0.39 is 0 Å². The minimum atomic E-state index is 0.742. The molecule has 0 unspecified atom stereocenters. The van der Waals surface area contributed by atoms with Crippen molar-refractivity contribution in [1.82, 2.24) is 14.7 Å². The van der Waals surface area contributed by atoms with Crippen LogP contribution in [0.5, 0.6) is 0 Å². The summed E-state index contributed by atoms with van der Waals surface area (Å²) in [5.41, 5.74) is 0. The van der Waals surface area contributed by atoms with Crippen LogP contribution in [0.3, 0.4) is 0 Å². The largest absolute Gasteiger partial charge is 0.303 e. The molecule has 0 aliphatic carbocycles. The molecule has 24 heavy (non-hydrogen) atoms. The van der Waals surface area contributed by atoms with E-state index in [0.29, 0.717) is 0 Å². The van der Waals surface area contributed by atoms with Crippen molar-refractivity contribution < 1.29 is 0 Å². The van der Waals surface area contributed by atoms with Gasteiger partial charge in [-0.2, -0.15) is 0 Å². The summed E-state index contributed by atoms with van der Waals surface area (Å²) in [7, 11) is 0. The average molecular weight is 336 g/mol. The second kappa shape index (κ2) is 8.51. The van der Waals surface area contributed by atoms with Crippen molar-refractivity contribution in [1.29, 1.82) is 0 Å². The molecule has 3 heterocycles. The highest BCUT2D eigenvalue weighted by Gasteiger charge is 2.31. The first kappa shape index (κ1) is 18.7. The van der Waals surface area contributed by atoms with E-state index in [1.807, 2.05) is 0 Å². The molecule has 0 aromatic rings. The fourth-order valence-electron chi connectivity index (χ4n) is 5.03. The van der Waals surface area contributed by atoms with Gasteiger partial charge in [-0.3, -0.25) is 0 Å². The second-order valence-corrected chi connectivity index (χ2v) is 9.54. The van der Waals surface area contributed by atoms with Crippen molar-refractivity contribution >= 4 is 0 Å². The second-order valence-electron chi connectivity index (χ2n) is 9.54. The zero-order valence-corrected chi connectivity index (χ0v) is 16.7. The van der Waals surface area contributed by atoms with E-state index in [0.717, 1.165) is 29.7 Å². The topological polar surface area (TPSA) is 9.72 Å². The fourth-order valence-corrected chi connectivity index (χ4v) is 5.03. The Morgan fingerprint density at radius 3 is 1.71 bits per heavy atom. The van der Waals surface area contributed by atoms with Gasteiger partial charge in [0.1, 0.15) is 0 Å². The van der Waals surface area contributed by atoms with Gasteiger partial charge < -0.3 is 14.7 Å². The van der Waals surface area contributed by atoms with Gasteiger partial charge in [-0.15, -0.1) is 0 Å². The number of likely N-dealkylation sites (tertiary alicyclic amines) is 3. The van der Waals surface area contributed by atoms with Gasteiger partial charge >= 0.3 is 0 Å². The summed E-state index contributed by atoms with van der Waals surface area (Å²) in [5.74, 6) is 3.77. The van der Waals surface area contributed by atoms with Gasteiger partial charge in [0.15, 0.2) is 0 Å². The fraction of sp³-hybridized carbons (Fsp3) is 1.00. The zero-order chi connectivity index (χ0) is 17.1. The third-order valence-electron chi connectivity index (χ3n) is 7.03. The molecule has 3 heteroatoms. The lowest BCUT2D eigenvalue weighted by Crippen LogP contribution is -2.54. The van der Waals surface area contributed by atoms with Crippen LogP contribution >= 0.6 is 0 Å². The molecule has 140 valence electrons. The van der Waals surface area contributed by atoms with Crippen molar-refractivity contribution in [3.8, 4) is 0 Å². The van der Waals surface area contributed by atoms with Crippen molar-refractivity contribution in [2.45, 2.75) is 59.4 Å². The minimum Gasteiger partial charge on any atom is -0.303 e. The molecule has 3 nitrogen and oxygen atoms in total. The zero-order valence-electron chi connectivity index (χ0n) is 16.7. The van der Waals surface area contributed by atoms with Gasteiger partial charge in [-0.05, 0) is 89.4 Å². The van der Waals surface area contributed by atoms with Crippen LogP contribution in [0.1, 0.15) is 53.4 Å². The highest BCUT2D eigenvalue weighted by molar-refractivity contribution is 4.86. The predicted molar refractivity (Wildman–Crippen MR) is 103 cm³/mol. The molecule has 3 rings (SSSR count). The van der Waals surface area contributed by atoms with E-state index in [1.165, 1.54) is 78.0 Å². The van der Waals surface area contributed by atoms with Crippen LogP contribution in [0.4, 0.5) is 0 Å². The molecule has 0 saturated carbocycles. The van der Waals surface area contributed by atoms with Gasteiger partial charge in [-0.1, -0.05) is 13.8 Å². The number of rotatable bonds is 6. The van der Waals surface area contributed by atoms with Gasteiger partial charge in [0.05, 0.1) is 0 Å². The van der Waals surface area contributed by atoms with Crippen LogP contribution in [0, 0.1) is 23.7 Å². The lowest BCUT2D eigenvalue weighted by Gasteiger charge is -2.45. The first-order chi connectivity index (χ1) is 11.5. The van der Waals surface area contributed by atoms with E-state index >= 15 is 0 Å². The molecular formula is C21H41N3. The number of piperidine rings is 2. The lowest BCUT2D eigenvalue weighted by atomic mass is 9.86. The predicted octanol–water partition coefficient (Wildman–Crippen LogP) is 3.41. The van der Waals surface area contributed by atoms with Crippen LogP contribution in [0.25, 0.3) is 0 Å². The normalized spacial score (nSPS) is 27.2. The summed E-state index contributed by atoms with van der Waals surface area (Å²) >= 11 is 0. The molecule has 3 aliphatic heterocycles. The van der Waals surface area contributed by atoms with E-state index in [4.69, 9.17) is 0 Å². The Morgan fingerprint density at radius 1 is 0.708 bits per heavy atom. The molecule has 3 aliphatic rings. The lowest BCUT2D eigenvalue weighted by molar-refractivity contribution is 0.0305. The molecule has 0 N–H and O–H groups in total. The standard InChI is InChI=1S/C21H41N3/c1-17(2)21-7-11-23(12-8-21)13-19-5-9-22(10-6-19)14-20-15-24(16-20)18(3)4/h17-21H,5-16H2,1-4H3. The SMILES string of the molecule is CC(C)C1CCN(CC2CCN(CC3CN(C(C)C)C3)CC2)CC1. The Kier molecular flexibility index (Phi) is 6.62. The molecule has 0 spiro atoms. The molecule has 0 bridgehead atoms. The Labute approximate surface area is 150 Å². The molecule has 0 atom stereocenters. The van der Waals surface area contributed by atoms with Crippen molar-refractivity contribution in [2.24, 2.45) is 23.7 Å². The summed E-state index contributed by atoms with van der Waals surface area (Å²) in [5, 5.41) is 0. The highest BCUT2D eigenvalue weighted by Crippen LogP contribution is 2.27.